The summed E-state index contributed by atoms with van der Waals surface area (Å²) in [6.07, 6.45) is -0.140. The van der Waals surface area contributed by atoms with Crippen LogP contribution in [0.2, 0.25) is 15.1 Å². The van der Waals surface area contributed by atoms with Gasteiger partial charge in [-0.3, -0.25) is 9.59 Å². The number of thiophene rings is 1. The second-order valence-corrected chi connectivity index (χ2v) is 8.95. The van der Waals surface area contributed by atoms with E-state index in [9.17, 15) is 9.59 Å². The first-order chi connectivity index (χ1) is 13.7. The van der Waals surface area contributed by atoms with Crippen LogP contribution in [0.15, 0.2) is 48.5 Å². The molecule has 1 aromatic heterocycles. The summed E-state index contributed by atoms with van der Waals surface area (Å²) in [5.74, 6) is -0.534. The van der Waals surface area contributed by atoms with Crippen LogP contribution in [0.3, 0.4) is 0 Å². The molecule has 0 fully saturated rings. The highest BCUT2D eigenvalue weighted by Crippen LogP contribution is 2.36. The van der Waals surface area contributed by atoms with E-state index in [1.165, 1.54) is 11.3 Å². The molecule has 0 saturated carbocycles. The van der Waals surface area contributed by atoms with E-state index in [0.717, 1.165) is 16.0 Å². The van der Waals surface area contributed by atoms with Crippen LogP contribution >= 0.6 is 46.1 Å². The molecule has 0 aliphatic heterocycles. The van der Waals surface area contributed by atoms with Crippen LogP contribution in [0.5, 0.6) is 0 Å². The Balaban J connectivity index is 2.00. The summed E-state index contributed by atoms with van der Waals surface area (Å²) in [5.41, 5.74) is 2.03. The van der Waals surface area contributed by atoms with Gasteiger partial charge in [-0.15, -0.1) is 11.3 Å². The molecule has 2 aromatic carbocycles. The Morgan fingerprint density at radius 1 is 0.966 bits per heavy atom. The van der Waals surface area contributed by atoms with Gasteiger partial charge in [0, 0.05) is 15.5 Å². The fourth-order valence-electron chi connectivity index (χ4n) is 2.76. The summed E-state index contributed by atoms with van der Waals surface area (Å²) in [4.78, 5) is 26.6. The molecular formula is C22H17Cl3O3S. The predicted molar refractivity (Wildman–Crippen MR) is 120 cm³/mol. The third kappa shape index (κ3) is 5.40. The summed E-state index contributed by atoms with van der Waals surface area (Å²) in [6.45, 7) is 3.59. The number of ketones is 1. The van der Waals surface area contributed by atoms with Gasteiger partial charge in [0.15, 0.2) is 0 Å². The van der Waals surface area contributed by atoms with Crippen molar-refractivity contribution in [2.75, 3.05) is 0 Å². The first kappa shape index (κ1) is 21.8. The van der Waals surface area contributed by atoms with Crippen LogP contribution < -0.4 is 0 Å². The van der Waals surface area contributed by atoms with Crippen LogP contribution in [0, 0.1) is 0 Å². The van der Waals surface area contributed by atoms with Crippen LogP contribution in [-0.4, -0.2) is 17.9 Å². The molecule has 3 nitrogen and oxygen atoms in total. The van der Waals surface area contributed by atoms with Crippen molar-refractivity contribution in [3.63, 3.8) is 0 Å². The lowest BCUT2D eigenvalue weighted by Gasteiger charge is -2.08. The van der Waals surface area contributed by atoms with Crippen LogP contribution in [0.4, 0.5) is 0 Å². The van der Waals surface area contributed by atoms with Gasteiger partial charge in [0.05, 0.1) is 27.4 Å². The number of hydrogen-bond donors (Lipinski definition) is 0. The SMILES string of the molecule is CC(C)OC(=O)Cc1cc(C(=O)c2ccc(Cl)c(Cl)c2)sc1-c1ccc(Cl)cc1. The number of ether oxygens (including phenoxy) is 1. The second kappa shape index (κ2) is 9.31. The molecule has 7 heteroatoms. The van der Waals surface area contributed by atoms with Gasteiger partial charge < -0.3 is 4.74 Å². The molecule has 3 rings (SSSR count). The fourth-order valence-corrected chi connectivity index (χ4v) is 4.33. The largest absolute Gasteiger partial charge is 0.463 e. The minimum absolute atomic E-state index is 0.0707. The minimum atomic E-state index is -0.346. The Bertz CT molecular complexity index is 1060. The molecule has 0 aliphatic rings. The average molecular weight is 468 g/mol. The lowest BCUT2D eigenvalue weighted by Crippen LogP contribution is -2.13. The molecule has 0 spiro atoms. The highest BCUT2D eigenvalue weighted by molar-refractivity contribution is 7.17. The summed E-state index contributed by atoms with van der Waals surface area (Å²) in [5, 5.41) is 1.30. The Morgan fingerprint density at radius 2 is 1.66 bits per heavy atom. The molecular weight excluding hydrogens is 451 g/mol. The summed E-state index contributed by atoms with van der Waals surface area (Å²) < 4.78 is 5.27. The number of benzene rings is 2. The van der Waals surface area contributed by atoms with Crippen LogP contribution in [0.25, 0.3) is 10.4 Å². The molecule has 1 heterocycles. The van der Waals surface area contributed by atoms with Crippen molar-refractivity contribution in [1.82, 2.24) is 0 Å². The molecule has 0 unspecified atom stereocenters. The highest BCUT2D eigenvalue weighted by atomic mass is 35.5. The van der Waals surface area contributed by atoms with E-state index < -0.39 is 0 Å². The molecule has 3 aromatic rings. The second-order valence-electron chi connectivity index (χ2n) is 6.65. The summed E-state index contributed by atoms with van der Waals surface area (Å²) in [6, 6.07) is 13.8. The van der Waals surface area contributed by atoms with Gasteiger partial charge >= 0.3 is 5.97 Å². The maximum atomic E-state index is 13.0. The Morgan fingerprint density at radius 3 is 2.28 bits per heavy atom. The van der Waals surface area contributed by atoms with E-state index in [1.807, 2.05) is 12.1 Å². The van der Waals surface area contributed by atoms with Gasteiger partial charge in [0.1, 0.15) is 0 Å². The van der Waals surface area contributed by atoms with Crippen molar-refractivity contribution >= 4 is 57.9 Å². The number of rotatable bonds is 6. The van der Waals surface area contributed by atoms with Crippen molar-refractivity contribution in [2.24, 2.45) is 0 Å². The highest BCUT2D eigenvalue weighted by Gasteiger charge is 2.20. The Hall–Kier alpha value is -1.85. The van der Waals surface area contributed by atoms with E-state index in [4.69, 9.17) is 39.5 Å². The van der Waals surface area contributed by atoms with Gasteiger partial charge in [-0.1, -0.05) is 46.9 Å². The molecule has 0 amide bonds. The molecule has 150 valence electrons. The molecule has 0 bridgehead atoms. The van der Waals surface area contributed by atoms with E-state index in [0.29, 0.717) is 25.5 Å². The van der Waals surface area contributed by atoms with Gasteiger partial charge in [-0.25, -0.2) is 0 Å². The molecule has 0 atom stereocenters. The third-order valence-corrected chi connectivity index (χ3v) is 6.24. The monoisotopic (exact) mass is 466 g/mol. The van der Waals surface area contributed by atoms with E-state index in [-0.39, 0.29) is 24.3 Å². The van der Waals surface area contributed by atoms with Crippen molar-refractivity contribution in [3.8, 4) is 10.4 Å². The van der Waals surface area contributed by atoms with Crippen molar-refractivity contribution in [2.45, 2.75) is 26.4 Å². The number of hydrogen-bond acceptors (Lipinski definition) is 4. The fraction of sp³-hybridized carbons (Fsp3) is 0.182. The topological polar surface area (TPSA) is 43.4 Å². The summed E-state index contributed by atoms with van der Waals surface area (Å²) >= 11 is 19.3. The normalized spacial score (nSPS) is 11.0. The molecule has 0 radical (unpaired) electrons. The summed E-state index contributed by atoms with van der Waals surface area (Å²) in [7, 11) is 0. The maximum absolute atomic E-state index is 13.0. The number of carbonyl (C=O) groups excluding carboxylic acids is 2. The van der Waals surface area contributed by atoms with Crippen LogP contribution in [0.1, 0.15) is 34.6 Å². The van der Waals surface area contributed by atoms with Crippen LogP contribution in [-0.2, 0) is 16.0 Å². The van der Waals surface area contributed by atoms with Crippen molar-refractivity contribution in [3.05, 3.63) is 79.6 Å². The maximum Gasteiger partial charge on any atom is 0.310 e. The number of halogens is 3. The smallest absolute Gasteiger partial charge is 0.310 e. The standard InChI is InChI=1S/C22H17Cl3O3S/c1-12(2)28-20(26)11-15-10-19(21(27)14-5-8-17(24)18(25)9-14)29-22(15)13-3-6-16(23)7-4-13/h3-10,12H,11H2,1-2H3. The van der Waals surface area contributed by atoms with Gasteiger partial charge in [0.25, 0.3) is 0 Å². The molecule has 0 aliphatic carbocycles. The molecule has 0 saturated heterocycles. The van der Waals surface area contributed by atoms with E-state index in [1.54, 1.807) is 50.2 Å². The first-order valence-corrected chi connectivity index (χ1v) is 10.8. The van der Waals surface area contributed by atoms with Gasteiger partial charge in [-0.2, -0.15) is 0 Å². The first-order valence-electron chi connectivity index (χ1n) is 8.82. The van der Waals surface area contributed by atoms with Gasteiger partial charge in [-0.05, 0) is 61.4 Å². The number of esters is 1. The molecule has 0 N–H and O–H groups in total. The zero-order chi connectivity index (χ0) is 21.1. The Kier molecular flexibility index (Phi) is 7.01. The minimum Gasteiger partial charge on any atom is -0.463 e. The quantitative estimate of drug-likeness (QED) is 0.287. The lowest BCUT2D eigenvalue weighted by molar-refractivity contribution is -0.146. The van der Waals surface area contributed by atoms with E-state index >= 15 is 0 Å². The Labute approximate surface area is 188 Å². The number of carbonyl (C=O) groups is 2. The molecule has 29 heavy (non-hydrogen) atoms. The predicted octanol–water partition coefficient (Wildman–Crippen LogP) is 7.10. The zero-order valence-corrected chi connectivity index (χ0v) is 18.8. The zero-order valence-electron chi connectivity index (χ0n) is 15.7. The van der Waals surface area contributed by atoms with E-state index in [2.05, 4.69) is 0 Å². The van der Waals surface area contributed by atoms with Crippen molar-refractivity contribution < 1.29 is 14.3 Å². The third-order valence-electron chi connectivity index (χ3n) is 4.02. The van der Waals surface area contributed by atoms with Gasteiger partial charge in [0.2, 0.25) is 5.78 Å². The average Bonchev–Trinajstić information content (AvgIpc) is 3.07. The lowest BCUT2D eigenvalue weighted by atomic mass is 10.0. The van der Waals surface area contributed by atoms with Crippen molar-refractivity contribution in [1.29, 1.82) is 0 Å².